The fraction of sp³-hybridized carbons (Fsp3) is 0.250. The van der Waals surface area contributed by atoms with Crippen LogP contribution >= 0.6 is 0 Å². The topological polar surface area (TPSA) is 55.3 Å². The smallest absolute Gasteiger partial charge is 0.0439 e. The molecule has 2 N–H and O–H groups in total. The molecule has 2 aromatic rings. The molecule has 22 heavy (non-hydrogen) atoms. The second kappa shape index (κ2) is 8.76. The zero-order valence-electron chi connectivity index (χ0n) is 13.0. The number of rotatable bonds is 8. The predicted molar refractivity (Wildman–Crippen MR) is 86.9 cm³/mol. The third-order valence-electron chi connectivity index (χ3n) is 3.02. The van der Waals surface area contributed by atoms with Crippen LogP contribution in [0.4, 0.5) is 0 Å². The van der Waals surface area contributed by atoms with E-state index in [0.717, 1.165) is 0 Å². The molecular formula is C16H22N6. The highest BCUT2D eigenvalue weighted by Gasteiger charge is 1.97. The lowest BCUT2D eigenvalue weighted by molar-refractivity contribution is 0.156. The summed E-state index contributed by atoms with van der Waals surface area (Å²) in [5.74, 6) is 0. The van der Waals surface area contributed by atoms with Gasteiger partial charge in [0.2, 0.25) is 0 Å². The van der Waals surface area contributed by atoms with Crippen LogP contribution in [0.1, 0.15) is 11.1 Å². The molecule has 2 rings (SSSR count). The first kappa shape index (κ1) is 15.9. The Labute approximate surface area is 131 Å². The van der Waals surface area contributed by atoms with Gasteiger partial charge in [0.25, 0.3) is 0 Å². The van der Waals surface area contributed by atoms with Crippen LogP contribution in [0.15, 0.2) is 71.1 Å². The van der Waals surface area contributed by atoms with Crippen molar-refractivity contribution in [2.45, 2.75) is 13.1 Å². The molecule has 0 saturated heterocycles. The number of hydrogen-bond donors (Lipinski definition) is 2. The highest BCUT2D eigenvalue weighted by Crippen LogP contribution is 1.99. The summed E-state index contributed by atoms with van der Waals surface area (Å²) in [6.45, 7) is 1.41. The number of hydrogen-bond acceptors (Lipinski definition) is 4. The predicted octanol–water partition coefficient (Wildman–Crippen LogP) is 2.54. The minimum atomic E-state index is 0.706. The third-order valence-corrected chi connectivity index (χ3v) is 3.02. The molecule has 0 spiro atoms. The molecule has 0 aliphatic rings. The van der Waals surface area contributed by atoms with Crippen molar-refractivity contribution in [3.05, 3.63) is 71.8 Å². The maximum atomic E-state index is 4.06. The number of hydrazine groups is 2. The molecule has 116 valence electrons. The second-order valence-electron chi connectivity index (χ2n) is 4.87. The van der Waals surface area contributed by atoms with Crippen molar-refractivity contribution in [3.63, 3.8) is 0 Å². The van der Waals surface area contributed by atoms with Crippen LogP contribution in [-0.2, 0) is 13.1 Å². The van der Waals surface area contributed by atoms with Crippen molar-refractivity contribution in [2.75, 3.05) is 14.1 Å². The summed E-state index contributed by atoms with van der Waals surface area (Å²) >= 11 is 0. The van der Waals surface area contributed by atoms with Crippen LogP contribution in [0.3, 0.4) is 0 Å². The van der Waals surface area contributed by atoms with Gasteiger partial charge in [-0.1, -0.05) is 60.7 Å². The van der Waals surface area contributed by atoms with Crippen LogP contribution in [0.5, 0.6) is 0 Å². The van der Waals surface area contributed by atoms with E-state index >= 15 is 0 Å². The average Bonchev–Trinajstić information content (AvgIpc) is 2.58. The van der Waals surface area contributed by atoms with E-state index in [0.29, 0.717) is 13.1 Å². The molecule has 6 heteroatoms. The molecule has 0 aliphatic carbocycles. The van der Waals surface area contributed by atoms with Gasteiger partial charge in [0.15, 0.2) is 0 Å². The van der Waals surface area contributed by atoms with Gasteiger partial charge < -0.3 is 0 Å². The third kappa shape index (κ3) is 5.90. The van der Waals surface area contributed by atoms with Crippen LogP contribution < -0.4 is 10.9 Å². The fourth-order valence-corrected chi connectivity index (χ4v) is 1.79. The molecular weight excluding hydrogens is 276 g/mol. The average molecular weight is 298 g/mol. The molecule has 0 atom stereocenters. The van der Waals surface area contributed by atoms with Crippen molar-refractivity contribution in [1.82, 2.24) is 21.1 Å². The van der Waals surface area contributed by atoms with E-state index in [9.17, 15) is 0 Å². The van der Waals surface area contributed by atoms with Gasteiger partial charge in [0, 0.05) is 27.2 Å². The highest BCUT2D eigenvalue weighted by molar-refractivity contribution is 5.14. The molecule has 0 fully saturated rings. The lowest BCUT2D eigenvalue weighted by Gasteiger charge is -2.16. The Morgan fingerprint density at radius 1 is 0.682 bits per heavy atom. The second-order valence-corrected chi connectivity index (χ2v) is 4.87. The van der Waals surface area contributed by atoms with E-state index in [-0.39, 0.29) is 0 Å². The van der Waals surface area contributed by atoms with E-state index in [1.54, 1.807) is 10.2 Å². The lowest BCUT2D eigenvalue weighted by atomic mass is 10.2. The summed E-state index contributed by atoms with van der Waals surface area (Å²) in [5, 5.41) is 11.3. The summed E-state index contributed by atoms with van der Waals surface area (Å²) in [6.07, 6.45) is 0. The zero-order chi connectivity index (χ0) is 15.6. The molecule has 0 heterocycles. The number of benzene rings is 2. The maximum Gasteiger partial charge on any atom is 0.0439 e. The highest BCUT2D eigenvalue weighted by atomic mass is 15.8. The first-order valence-corrected chi connectivity index (χ1v) is 7.18. The Hall–Kier alpha value is -2.44. The molecule has 0 aliphatic heterocycles. The summed E-state index contributed by atoms with van der Waals surface area (Å²) < 4.78 is 0. The molecule has 6 nitrogen and oxygen atoms in total. The lowest BCUT2D eigenvalue weighted by Crippen LogP contribution is -2.32. The number of nitrogens with zero attached hydrogens (tertiary/aromatic N) is 4. The van der Waals surface area contributed by atoms with Crippen molar-refractivity contribution < 1.29 is 0 Å². The van der Waals surface area contributed by atoms with Crippen LogP contribution in [-0.4, -0.2) is 24.3 Å². The van der Waals surface area contributed by atoms with Crippen LogP contribution in [0, 0.1) is 0 Å². The van der Waals surface area contributed by atoms with Crippen LogP contribution in [0.2, 0.25) is 0 Å². The van der Waals surface area contributed by atoms with E-state index in [2.05, 4.69) is 45.6 Å². The van der Waals surface area contributed by atoms with E-state index in [4.69, 9.17) is 0 Å². The normalized spacial score (nSPS) is 10.8. The van der Waals surface area contributed by atoms with E-state index in [1.165, 1.54) is 11.1 Å². The summed E-state index contributed by atoms with van der Waals surface area (Å²) in [5.41, 5.74) is 8.68. The van der Waals surface area contributed by atoms with Gasteiger partial charge in [-0.15, -0.1) is 0 Å². The van der Waals surface area contributed by atoms with Crippen LogP contribution in [0.25, 0.3) is 0 Å². The summed E-state index contributed by atoms with van der Waals surface area (Å²) in [6, 6.07) is 20.3. The molecule has 0 amide bonds. The van der Waals surface area contributed by atoms with Crippen molar-refractivity contribution in [2.24, 2.45) is 10.4 Å². The van der Waals surface area contributed by atoms with Gasteiger partial charge in [-0.05, 0) is 21.6 Å². The molecule has 0 saturated carbocycles. The molecule has 0 radical (unpaired) electrons. The Morgan fingerprint density at radius 2 is 1.05 bits per heavy atom. The van der Waals surface area contributed by atoms with Crippen molar-refractivity contribution >= 4 is 0 Å². The molecule has 2 aromatic carbocycles. The van der Waals surface area contributed by atoms with Crippen molar-refractivity contribution in [1.29, 1.82) is 0 Å². The van der Waals surface area contributed by atoms with Gasteiger partial charge in [-0.2, -0.15) is 0 Å². The van der Waals surface area contributed by atoms with Gasteiger partial charge >= 0.3 is 0 Å². The Kier molecular flexibility index (Phi) is 6.35. The van der Waals surface area contributed by atoms with Gasteiger partial charge in [0.05, 0.1) is 0 Å². The Bertz CT molecular complexity index is 506. The standard InChI is InChI=1S/C16H22N6/c1-21(17-13-15-9-5-3-6-10-15)19-20-22(2)18-14-16-11-7-4-8-12-16/h3-12,17-18H,13-14H2,1-2H3/b20-19+. The maximum absolute atomic E-state index is 4.06. The minimum absolute atomic E-state index is 0.706. The zero-order valence-corrected chi connectivity index (χ0v) is 13.0. The quantitative estimate of drug-likeness (QED) is 0.581. The van der Waals surface area contributed by atoms with E-state index in [1.807, 2.05) is 50.5 Å². The first-order chi connectivity index (χ1) is 10.7. The molecule has 0 bridgehead atoms. The Balaban J connectivity index is 1.69. The van der Waals surface area contributed by atoms with Gasteiger partial charge in [0.1, 0.15) is 0 Å². The minimum Gasteiger partial charge on any atom is -0.212 e. The Morgan fingerprint density at radius 3 is 1.41 bits per heavy atom. The molecule has 0 aromatic heterocycles. The monoisotopic (exact) mass is 298 g/mol. The van der Waals surface area contributed by atoms with E-state index < -0.39 is 0 Å². The van der Waals surface area contributed by atoms with Crippen molar-refractivity contribution in [3.8, 4) is 0 Å². The number of nitrogens with one attached hydrogen (secondary N) is 2. The first-order valence-electron chi connectivity index (χ1n) is 7.18. The summed E-state index contributed by atoms with van der Waals surface area (Å²) in [4.78, 5) is 0. The summed E-state index contributed by atoms with van der Waals surface area (Å²) in [7, 11) is 3.63. The van der Waals surface area contributed by atoms with Gasteiger partial charge in [-0.25, -0.2) is 21.1 Å². The fourth-order valence-electron chi connectivity index (χ4n) is 1.79. The largest absolute Gasteiger partial charge is 0.212 e. The molecule has 0 unspecified atom stereocenters. The SMILES string of the molecule is CN(/N=N/N(C)NCc1ccccc1)NCc1ccccc1. The van der Waals surface area contributed by atoms with Gasteiger partial charge in [-0.3, -0.25) is 0 Å².